The second-order valence-corrected chi connectivity index (χ2v) is 6.90. The summed E-state index contributed by atoms with van der Waals surface area (Å²) in [6.45, 7) is 4.40. The second kappa shape index (κ2) is 6.88. The van der Waals surface area contributed by atoms with Crippen LogP contribution in [0.2, 0.25) is 0 Å². The van der Waals surface area contributed by atoms with Crippen molar-refractivity contribution in [1.82, 2.24) is 15.0 Å². The van der Waals surface area contributed by atoms with E-state index in [0.29, 0.717) is 17.9 Å². The van der Waals surface area contributed by atoms with Crippen molar-refractivity contribution in [3.63, 3.8) is 0 Å². The van der Waals surface area contributed by atoms with Gasteiger partial charge in [-0.2, -0.15) is 0 Å². The molecule has 3 aromatic rings. The van der Waals surface area contributed by atoms with Crippen molar-refractivity contribution >= 4 is 17.3 Å². The van der Waals surface area contributed by atoms with Crippen LogP contribution in [0, 0.1) is 24.0 Å². The van der Waals surface area contributed by atoms with Gasteiger partial charge in [0.25, 0.3) is 11.6 Å². The fourth-order valence-corrected chi connectivity index (χ4v) is 3.58. The van der Waals surface area contributed by atoms with Crippen molar-refractivity contribution in [3.05, 3.63) is 75.1 Å². The highest BCUT2D eigenvalue weighted by atomic mass is 16.6. The number of nitrogens with zero attached hydrogens (tertiary/aromatic N) is 5. The molecule has 0 aliphatic carbocycles. The largest absolute Gasteiger partial charge is 0.307 e. The number of aryl methyl sites for hydroxylation is 2. The number of benzene rings is 2. The smallest absolute Gasteiger partial charge is 0.280 e. The molecule has 0 atom stereocenters. The van der Waals surface area contributed by atoms with Crippen LogP contribution in [0.25, 0.3) is 5.69 Å². The van der Waals surface area contributed by atoms with Gasteiger partial charge in [-0.25, -0.2) is 4.68 Å². The number of amides is 1. The molecule has 0 radical (unpaired) electrons. The average molecular weight is 377 g/mol. The van der Waals surface area contributed by atoms with Crippen molar-refractivity contribution in [2.75, 3.05) is 11.4 Å². The Balaban J connectivity index is 1.70. The van der Waals surface area contributed by atoms with Crippen molar-refractivity contribution < 1.29 is 9.72 Å². The van der Waals surface area contributed by atoms with E-state index in [2.05, 4.69) is 16.4 Å². The highest BCUT2D eigenvalue weighted by Crippen LogP contribution is 2.29. The van der Waals surface area contributed by atoms with E-state index in [1.165, 1.54) is 22.4 Å². The third kappa shape index (κ3) is 3.02. The summed E-state index contributed by atoms with van der Waals surface area (Å²) in [5.74, 6) is -0.209. The van der Waals surface area contributed by atoms with E-state index in [1.54, 1.807) is 24.0 Å². The quantitative estimate of drug-likeness (QED) is 0.515. The summed E-state index contributed by atoms with van der Waals surface area (Å²) in [6.07, 6.45) is 1.83. The molecule has 2 aromatic carbocycles. The Labute approximate surface area is 161 Å². The lowest BCUT2D eigenvalue weighted by atomic mass is 9.99. The number of hydrogen-bond acceptors (Lipinski definition) is 5. The van der Waals surface area contributed by atoms with E-state index < -0.39 is 4.92 Å². The van der Waals surface area contributed by atoms with Crippen LogP contribution in [0.15, 0.2) is 42.5 Å². The summed E-state index contributed by atoms with van der Waals surface area (Å²) in [5.41, 5.74) is 4.48. The Morgan fingerprint density at radius 3 is 2.79 bits per heavy atom. The number of carbonyl (C=O) groups is 1. The molecule has 142 valence electrons. The Morgan fingerprint density at radius 1 is 1.18 bits per heavy atom. The van der Waals surface area contributed by atoms with Crippen LogP contribution < -0.4 is 4.90 Å². The second-order valence-electron chi connectivity index (χ2n) is 6.90. The molecule has 2 heterocycles. The predicted molar refractivity (Wildman–Crippen MR) is 104 cm³/mol. The van der Waals surface area contributed by atoms with Gasteiger partial charge in [-0.1, -0.05) is 29.0 Å². The van der Waals surface area contributed by atoms with Crippen LogP contribution in [0.5, 0.6) is 0 Å². The van der Waals surface area contributed by atoms with Crippen molar-refractivity contribution in [1.29, 1.82) is 0 Å². The summed E-state index contributed by atoms with van der Waals surface area (Å²) >= 11 is 0. The van der Waals surface area contributed by atoms with Crippen LogP contribution in [0.4, 0.5) is 11.4 Å². The van der Waals surface area contributed by atoms with Crippen molar-refractivity contribution in [2.24, 2.45) is 0 Å². The standard InChI is InChI=1S/C20H19N5O3/c1-13-8-9-18-15(11-13)5-4-10-23(18)20(26)19-14(2)24(22-21-19)16-6-3-7-17(12-16)25(27)28/h3,6-9,11-12H,4-5,10H2,1-2H3. The molecule has 8 heteroatoms. The van der Waals surface area contributed by atoms with E-state index in [1.807, 2.05) is 19.1 Å². The van der Waals surface area contributed by atoms with E-state index in [0.717, 1.165) is 24.1 Å². The maximum absolute atomic E-state index is 13.2. The molecule has 0 N–H and O–H groups in total. The Bertz CT molecular complexity index is 1090. The minimum atomic E-state index is -0.464. The monoisotopic (exact) mass is 377 g/mol. The molecule has 1 aromatic heterocycles. The third-order valence-electron chi connectivity index (χ3n) is 4.98. The molecule has 0 saturated carbocycles. The highest BCUT2D eigenvalue weighted by molar-refractivity contribution is 6.06. The Kier molecular flexibility index (Phi) is 4.38. The first-order valence-corrected chi connectivity index (χ1v) is 9.04. The van der Waals surface area contributed by atoms with Gasteiger partial charge in [0.15, 0.2) is 5.69 Å². The summed E-state index contributed by atoms with van der Waals surface area (Å²) in [7, 11) is 0. The zero-order valence-corrected chi connectivity index (χ0v) is 15.6. The number of fused-ring (bicyclic) bond motifs is 1. The van der Waals surface area contributed by atoms with Crippen LogP contribution in [0.1, 0.15) is 33.7 Å². The summed E-state index contributed by atoms with van der Waals surface area (Å²) < 4.78 is 1.46. The molecule has 8 nitrogen and oxygen atoms in total. The Hall–Kier alpha value is -3.55. The van der Waals surface area contributed by atoms with Gasteiger partial charge >= 0.3 is 0 Å². The first-order chi connectivity index (χ1) is 13.5. The number of nitro groups is 1. The molecule has 0 bridgehead atoms. The molecule has 0 saturated heterocycles. The number of anilines is 1. The maximum Gasteiger partial charge on any atom is 0.280 e. The first kappa shape index (κ1) is 17.8. The number of hydrogen-bond donors (Lipinski definition) is 0. The van der Waals surface area contributed by atoms with E-state index in [4.69, 9.17) is 0 Å². The topological polar surface area (TPSA) is 94.2 Å². The van der Waals surface area contributed by atoms with E-state index in [-0.39, 0.29) is 17.3 Å². The SMILES string of the molecule is Cc1ccc2c(c1)CCCN2C(=O)c1nnn(-c2cccc([N+](=O)[O-])c2)c1C. The normalized spacial score (nSPS) is 13.3. The average Bonchev–Trinajstić information content (AvgIpc) is 3.08. The van der Waals surface area contributed by atoms with Gasteiger partial charge in [0.05, 0.1) is 16.3 Å². The summed E-state index contributed by atoms with van der Waals surface area (Å²) in [6, 6.07) is 12.2. The van der Waals surface area contributed by atoms with Gasteiger partial charge in [-0.3, -0.25) is 14.9 Å². The predicted octanol–water partition coefficient (Wildman–Crippen LogP) is 3.39. The number of rotatable bonds is 3. The molecular formula is C20H19N5O3. The molecule has 4 rings (SSSR count). The lowest BCUT2D eigenvalue weighted by molar-refractivity contribution is -0.384. The fourth-order valence-electron chi connectivity index (χ4n) is 3.58. The molecular weight excluding hydrogens is 358 g/mol. The molecule has 1 aliphatic heterocycles. The first-order valence-electron chi connectivity index (χ1n) is 9.04. The van der Waals surface area contributed by atoms with Gasteiger partial charge in [0.1, 0.15) is 0 Å². The highest BCUT2D eigenvalue weighted by Gasteiger charge is 2.28. The molecule has 0 unspecified atom stereocenters. The number of nitro benzene ring substituents is 1. The number of aromatic nitrogens is 3. The Morgan fingerprint density at radius 2 is 2.00 bits per heavy atom. The number of non-ortho nitro benzene ring substituents is 1. The van der Waals surface area contributed by atoms with E-state index in [9.17, 15) is 14.9 Å². The van der Waals surface area contributed by atoms with Gasteiger partial charge in [-0.15, -0.1) is 5.10 Å². The summed E-state index contributed by atoms with van der Waals surface area (Å²) in [5, 5.41) is 19.2. The lowest BCUT2D eigenvalue weighted by Gasteiger charge is -2.29. The lowest BCUT2D eigenvalue weighted by Crippen LogP contribution is -2.36. The fraction of sp³-hybridized carbons (Fsp3) is 0.250. The maximum atomic E-state index is 13.2. The van der Waals surface area contributed by atoms with Crippen molar-refractivity contribution in [3.8, 4) is 5.69 Å². The zero-order chi connectivity index (χ0) is 19.8. The van der Waals surface area contributed by atoms with Gasteiger partial charge in [0.2, 0.25) is 0 Å². The molecule has 1 amide bonds. The minimum absolute atomic E-state index is 0.0411. The van der Waals surface area contributed by atoms with E-state index >= 15 is 0 Å². The molecule has 0 fully saturated rings. The molecule has 28 heavy (non-hydrogen) atoms. The zero-order valence-electron chi connectivity index (χ0n) is 15.6. The third-order valence-corrected chi connectivity index (χ3v) is 4.98. The molecule has 1 aliphatic rings. The number of carbonyl (C=O) groups excluding carboxylic acids is 1. The van der Waals surface area contributed by atoms with Crippen molar-refractivity contribution in [2.45, 2.75) is 26.7 Å². The van der Waals surface area contributed by atoms with Crippen LogP contribution in [-0.4, -0.2) is 32.4 Å². The summed E-state index contributed by atoms with van der Waals surface area (Å²) in [4.78, 5) is 25.5. The minimum Gasteiger partial charge on any atom is -0.307 e. The van der Waals surface area contributed by atoms with Crippen LogP contribution in [-0.2, 0) is 6.42 Å². The van der Waals surface area contributed by atoms with Crippen LogP contribution in [0.3, 0.4) is 0 Å². The van der Waals surface area contributed by atoms with Gasteiger partial charge < -0.3 is 4.90 Å². The van der Waals surface area contributed by atoms with Gasteiger partial charge in [0, 0.05) is 24.4 Å². The van der Waals surface area contributed by atoms with Crippen LogP contribution >= 0.6 is 0 Å². The van der Waals surface area contributed by atoms with Gasteiger partial charge in [-0.05, 0) is 44.4 Å². The molecule has 0 spiro atoms.